The molecule has 0 aliphatic rings. The molecule has 0 aliphatic heterocycles. The first kappa shape index (κ1) is 22.5. The summed E-state index contributed by atoms with van der Waals surface area (Å²) in [4.78, 5) is 15.0. The van der Waals surface area contributed by atoms with Crippen LogP contribution in [-0.2, 0) is 4.79 Å². The lowest BCUT2D eigenvalue weighted by atomic mass is 10.0. The Hall–Kier alpha value is -1.57. The molecule has 2 nitrogen and oxygen atoms in total. The largest absolute Gasteiger partial charge is 0.336 e. The van der Waals surface area contributed by atoms with E-state index in [-0.39, 0.29) is 0 Å². The van der Waals surface area contributed by atoms with Gasteiger partial charge in [0.2, 0.25) is 5.91 Å². The molecule has 0 radical (unpaired) electrons. The predicted molar refractivity (Wildman–Crippen MR) is 114 cm³/mol. The fraction of sp³-hybridized carbons (Fsp3) is 0.625. The number of hydrogen-bond acceptors (Lipinski definition) is 1. The normalized spacial score (nSPS) is 12.8. The second-order valence-electron chi connectivity index (χ2n) is 7.41. The summed E-state index contributed by atoms with van der Waals surface area (Å²) in [7, 11) is 0. The highest BCUT2D eigenvalue weighted by molar-refractivity contribution is 5.77. The third kappa shape index (κ3) is 8.69. The molecule has 2 heteroatoms. The van der Waals surface area contributed by atoms with E-state index in [4.69, 9.17) is 0 Å². The molecule has 1 aromatic rings. The third-order valence-electron chi connectivity index (χ3n) is 5.08. The second kappa shape index (κ2) is 13.6. The summed E-state index contributed by atoms with van der Waals surface area (Å²) in [6.07, 6.45) is 12.1. The summed E-state index contributed by atoms with van der Waals surface area (Å²) in [6.45, 7) is 9.56. The van der Waals surface area contributed by atoms with E-state index in [0.717, 1.165) is 38.6 Å². The molecule has 26 heavy (non-hydrogen) atoms. The monoisotopic (exact) mass is 357 g/mol. The predicted octanol–water partition coefficient (Wildman–Crippen LogP) is 6.86. The highest BCUT2D eigenvalue weighted by Gasteiger charge is 2.19. The van der Waals surface area contributed by atoms with Crippen molar-refractivity contribution in [3.63, 3.8) is 0 Å². The maximum atomic E-state index is 12.8. The van der Waals surface area contributed by atoms with Gasteiger partial charge < -0.3 is 4.90 Å². The Balaban J connectivity index is 2.90. The topological polar surface area (TPSA) is 20.3 Å². The molecule has 146 valence electrons. The van der Waals surface area contributed by atoms with Crippen LogP contribution >= 0.6 is 0 Å². The van der Waals surface area contributed by atoms with Crippen LogP contribution in [0.3, 0.4) is 0 Å². The lowest BCUT2D eigenvalue weighted by molar-refractivity contribution is -0.132. The fourth-order valence-electron chi connectivity index (χ4n) is 3.18. The Kier molecular flexibility index (Phi) is 11.8. The molecule has 0 aliphatic carbocycles. The minimum atomic E-state index is 0.300. The standard InChI is InChI=1S/C24H39NO/c1-5-8-11-17-23(19-22-15-13-10-14-16-22)20-25(21(4)7-3)24(26)18-12-9-6-2/h10,13-16,19,21H,5-9,11-12,17-18,20H2,1-4H3/b23-19+/t21-/m0/s1. The van der Waals surface area contributed by atoms with E-state index in [1.807, 2.05) is 0 Å². The van der Waals surface area contributed by atoms with Gasteiger partial charge in [-0.25, -0.2) is 0 Å². The molecule has 1 rings (SSSR count). The maximum Gasteiger partial charge on any atom is 0.223 e. The lowest BCUT2D eigenvalue weighted by Gasteiger charge is -2.30. The molecule has 0 N–H and O–H groups in total. The zero-order chi connectivity index (χ0) is 19.2. The van der Waals surface area contributed by atoms with Crippen LogP contribution < -0.4 is 0 Å². The Morgan fingerprint density at radius 3 is 2.15 bits per heavy atom. The molecule has 0 saturated carbocycles. The van der Waals surface area contributed by atoms with Crippen molar-refractivity contribution in [1.82, 2.24) is 4.90 Å². The van der Waals surface area contributed by atoms with E-state index in [0.29, 0.717) is 18.4 Å². The smallest absolute Gasteiger partial charge is 0.223 e. The van der Waals surface area contributed by atoms with Gasteiger partial charge in [-0.15, -0.1) is 0 Å². The summed E-state index contributed by atoms with van der Waals surface area (Å²) >= 11 is 0. The van der Waals surface area contributed by atoms with E-state index in [9.17, 15) is 4.79 Å². The van der Waals surface area contributed by atoms with Crippen molar-refractivity contribution in [2.75, 3.05) is 6.54 Å². The van der Waals surface area contributed by atoms with Crippen molar-refractivity contribution in [2.45, 2.75) is 91.5 Å². The number of carbonyl (C=O) groups is 1. The van der Waals surface area contributed by atoms with Gasteiger partial charge in [0.15, 0.2) is 0 Å². The van der Waals surface area contributed by atoms with E-state index >= 15 is 0 Å². The van der Waals surface area contributed by atoms with Crippen molar-refractivity contribution in [3.8, 4) is 0 Å². The fourth-order valence-corrected chi connectivity index (χ4v) is 3.18. The van der Waals surface area contributed by atoms with Gasteiger partial charge in [0, 0.05) is 19.0 Å². The number of rotatable bonds is 13. The third-order valence-corrected chi connectivity index (χ3v) is 5.08. The number of unbranched alkanes of at least 4 members (excludes halogenated alkanes) is 4. The second-order valence-corrected chi connectivity index (χ2v) is 7.41. The van der Waals surface area contributed by atoms with Crippen molar-refractivity contribution in [3.05, 3.63) is 41.5 Å². The number of nitrogens with zero attached hydrogens (tertiary/aromatic N) is 1. The highest BCUT2D eigenvalue weighted by atomic mass is 16.2. The quantitative estimate of drug-likeness (QED) is 0.353. The van der Waals surface area contributed by atoms with E-state index < -0.39 is 0 Å². The van der Waals surface area contributed by atoms with E-state index in [1.165, 1.54) is 30.4 Å². The van der Waals surface area contributed by atoms with Gasteiger partial charge in [-0.2, -0.15) is 0 Å². The Morgan fingerprint density at radius 1 is 0.962 bits per heavy atom. The van der Waals surface area contributed by atoms with Crippen molar-refractivity contribution in [2.24, 2.45) is 0 Å². The van der Waals surface area contributed by atoms with Crippen molar-refractivity contribution < 1.29 is 4.79 Å². The summed E-state index contributed by atoms with van der Waals surface area (Å²) in [6, 6.07) is 10.8. The number of hydrogen-bond donors (Lipinski definition) is 0. The molecule has 0 bridgehead atoms. The molecular weight excluding hydrogens is 318 g/mol. The number of carbonyl (C=O) groups excluding carboxylic acids is 1. The van der Waals surface area contributed by atoms with Gasteiger partial charge in [0.05, 0.1) is 0 Å². The van der Waals surface area contributed by atoms with Gasteiger partial charge >= 0.3 is 0 Å². The lowest BCUT2D eigenvalue weighted by Crippen LogP contribution is -2.39. The van der Waals surface area contributed by atoms with Gasteiger partial charge in [-0.1, -0.05) is 88.4 Å². The first-order valence-corrected chi connectivity index (χ1v) is 10.7. The summed E-state index contributed by atoms with van der Waals surface area (Å²) in [5.74, 6) is 0.322. The summed E-state index contributed by atoms with van der Waals surface area (Å²) in [5.41, 5.74) is 2.62. The van der Waals surface area contributed by atoms with E-state index in [1.54, 1.807) is 0 Å². The Bertz CT molecular complexity index is 520. The van der Waals surface area contributed by atoms with Crippen molar-refractivity contribution in [1.29, 1.82) is 0 Å². The van der Waals surface area contributed by atoms with Crippen LogP contribution in [0.5, 0.6) is 0 Å². The van der Waals surface area contributed by atoms with Gasteiger partial charge in [0.25, 0.3) is 0 Å². The molecule has 0 spiro atoms. The van der Waals surface area contributed by atoms with Crippen LogP contribution in [0.25, 0.3) is 6.08 Å². The van der Waals surface area contributed by atoms with Gasteiger partial charge in [0.1, 0.15) is 0 Å². The average Bonchev–Trinajstić information content (AvgIpc) is 2.66. The molecule has 1 aromatic carbocycles. The maximum absolute atomic E-state index is 12.8. The molecule has 0 aromatic heterocycles. The van der Waals surface area contributed by atoms with Crippen LogP contribution in [0.15, 0.2) is 35.9 Å². The number of benzene rings is 1. The summed E-state index contributed by atoms with van der Waals surface area (Å²) in [5, 5.41) is 0. The molecule has 0 fully saturated rings. The van der Waals surface area contributed by atoms with Crippen LogP contribution in [0, 0.1) is 0 Å². The minimum Gasteiger partial charge on any atom is -0.336 e. The summed E-state index contributed by atoms with van der Waals surface area (Å²) < 4.78 is 0. The Labute approximate surface area is 161 Å². The molecule has 1 atom stereocenters. The van der Waals surface area contributed by atoms with E-state index in [2.05, 4.69) is 69.0 Å². The molecule has 0 unspecified atom stereocenters. The molecule has 1 amide bonds. The molecule has 0 saturated heterocycles. The first-order chi connectivity index (χ1) is 12.6. The van der Waals surface area contributed by atoms with Gasteiger partial charge in [-0.3, -0.25) is 4.79 Å². The Morgan fingerprint density at radius 2 is 1.58 bits per heavy atom. The SMILES string of the molecule is CCCCCC(=O)N(C/C(=C/c1ccccc1)CCCCC)[C@@H](C)CC. The zero-order valence-electron chi connectivity index (χ0n) is 17.5. The number of amides is 1. The van der Waals surface area contributed by atoms with Crippen molar-refractivity contribution >= 4 is 12.0 Å². The molecule has 0 heterocycles. The van der Waals surface area contributed by atoms with Crippen LogP contribution in [0.4, 0.5) is 0 Å². The minimum absolute atomic E-state index is 0.300. The van der Waals surface area contributed by atoms with Gasteiger partial charge in [-0.05, 0) is 38.2 Å². The van der Waals surface area contributed by atoms with Crippen LogP contribution in [0.1, 0.15) is 91.0 Å². The van der Waals surface area contributed by atoms with Crippen LogP contribution in [0.2, 0.25) is 0 Å². The molecular formula is C24H39NO. The average molecular weight is 358 g/mol. The highest BCUT2D eigenvalue weighted by Crippen LogP contribution is 2.19. The van der Waals surface area contributed by atoms with Crippen LogP contribution in [-0.4, -0.2) is 23.4 Å². The first-order valence-electron chi connectivity index (χ1n) is 10.7. The zero-order valence-corrected chi connectivity index (χ0v) is 17.5.